The average molecular weight is 258 g/mol. The minimum absolute atomic E-state index is 0.769. The molecule has 2 heterocycles. The summed E-state index contributed by atoms with van der Waals surface area (Å²) in [5.41, 5.74) is 3.50. The van der Waals surface area contributed by atoms with Gasteiger partial charge < -0.3 is 14.0 Å². The van der Waals surface area contributed by atoms with Crippen LogP contribution in [0.2, 0.25) is 0 Å². The van der Waals surface area contributed by atoms with Gasteiger partial charge in [0.15, 0.2) is 4.77 Å². The summed E-state index contributed by atoms with van der Waals surface area (Å²) in [5.74, 6) is 0.985. The van der Waals surface area contributed by atoms with Gasteiger partial charge in [0.05, 0.1) is 17.3 Å². The quantitative estimate of drug-likeness (QED) is 0.724. The van der Waals surface area contributed by atoms with Gasteiger partial charge >= 0.3 is 0 Å². The molecular weight excluding hydrogens is 244 g/mol. The molecule has 0 fully saturated rings. The number of para-hydroxylation sites is 1. The van der Waals surface area contributed by atoms with Crippen LogP contribution in [0.5, 0.6) is 0 Å². The van der Waals surface area contributed by atoms with Crippen LogP contribution in [-0.2, 0) is 13.0 Å². The molecule has 92 valence electrons. The van der Waals surface area contributed by atoms with Crippen LogP contribution < -0.4 is 0 Å². The molecule has 0 aliphatic carbocycles. The molecule has 0 bridgehead atoms. The Morgan fingerprint density at radius 3 is 2.94 bits per heavy atom. The van der Waals surface area contributed by atoms with E-state index in [9.17, 15) is 0 Å². The van der Waals surface area contributed by atoms with Crippen molar-refractivity contribution >= 4 is 23.3 Å². The fourth-order valence-electron chi connectivity index (χ4n) is 2.22. The zero-order chi connectivity index (χ0) is 12.5. The Labute approximate surface area is 110 Å². The maximum absolute atomic E-state index is 5.38. The number of nitrogens with one attached hydrogen (secondary N) is 1. The second-order valence-electron chi connectivity index (χ2n) is 4.38. The van der Waals surface area contributed by atoms with Gasteiger partial charge in [-0.1, -0.05) is 12.1 Å². The van der Waals surface area contributed by atoms with Crippen molar-refractivity contribution in [1.82, 2.24) is 9.55 Å². The van der Waals surface area contributed by atoms with Crippen molar-refractivity contribution in [3.8, 4) is 0 Å². The third kappa shape index (κ3) is 1.88. The molecule has 18 heavy (non-hydrogen) atoms. The number of furan rings is 1. The van der Waals surface area contributed by atoms with Crippen molar-refractivity contribution in [2.24, 2.45) is 0 Å². The number of aryl methyl sites for hydroxylation is 3. The number of aromatic amines is 1. The first-order chi connectivity index (χ1) is 8.75. The highest BCUT2D eigenvalue weighted by Crippen LogP contribution is 2.18. The molecule has 0 amide bonds. The van der Waals surface area contributed by atoms with Crippen molar-refractivity contribution in [3.05, 3.63) is 52.7 Å². The first kappa shape index (κ1) is 11.3. The highest BCUT2D eigenvalue weighted by atomic mass is 32.1. The van der Waals surface area contributed by atoms with E-state index in [1.165, 1.54) is 5.56 Å². The molecule has 4 heteroatoms. The molecule has 0 radical (unpaired) electrons. The number of nitrogens with zero attached hydrogens (tertiary/aromatic N) is 1. The van der Waals surface area contributed by atoms with Gasteiger partial charge in [-0.05, 0) is 42.9 Å². The van der Waals surface area contributed by atoms with E-state index >= 15 is 0 Å². The fraction of sp³-hybridized carbons (Fsp3) is 0.214. The summed E-state index contributed by atoms with van der Waals surface area (Å²) < 4.78 is 8.24. The molecule has 3 rings (SSSR count). The van der Waals surface area contributed by atoms with Gasteiger partial charge in [-0.25, -0.2) is 0 Å². The molecule has 0 saturated carbocycles. The summed E-state index contributed by atoms with van der Waals surface area (Å²) in [6.07, 6.45) is 2.55. The molecule has 2 aromatic heterocycles. The summed E-state index contributed by atoms with van der Waals surface area (Å²) in [6.45, 7) is 2.92. The second kappa shape index (κ2) is 4.46. The normalized spacial score (nSPS) is 11.2. The Hall–Kier alpha value is -1.81. The number of H-pyrrole nitrogens is 1. The summed E-state index contributed by atoms with van der Waals surface area (Å²) in [6, 6.07) is 10.1. The van der Waals surface area contributed by atoms with Crippen molar-refractivity contribution in [2.45, 2.75) is 19.9 Å². The van der Waals surface area contributed by atoms with Crippen LogP contribution >= 0.6 is 12.2 Å². The zero-order valence-corrected chi connectivity index (χ0v) is 11.0. The van der Waals surface area contributed by atoms with Crippen LogP contribution in [0.25, 0.3) is 11.0 Å². The first-order valence-electron chi connectivity index (χ1n) is 5.96. The highest BCUT2D eigenvalue weighted by Gasteiger charge is 2.06. The van der Waals surface area contributed by atoms with Gasteiger partial charge in [0.1, 0.15) is 5.76 Å². The Kier molecular flexibility index (Phi) is 2.80. The average Bonchev–Trinajstić information content (AvgIpc) is 2.95. The van der Waals surface area contributed by atoms with E-state index in [2.05, 4.69) is 34.7 Å². The smallest absolute Gasteiger partial charge is 0.178 e. The molecule has 0 spiro atoms. The topological polar surface area (TPSA) is 33.9 Å². The predicted molar refractivity (Wildman–Crippen MR) is 74.3 cm³/mol. The van der Waals surface area contributed by atoms with E-state index in [0.717, 1.165) is 34.5 Å². The van der Waals surface area contributed by atoms with Crippen molar-refractivity contribution in [1.29, 1.82) is 0 Å². The lowest BCUT2D eigenvalue weighted by molar-refractivity contribution is 0.492. The number of aromatic nitrogens is 2. The van der Waals surface area contributed by atoms with Crippen LogP contribution in [0.4, 0.5) is 0 Å². The largest absolute Gasteiger partial charge is 0.469 e. The van der Waals surface area contributed by atoms with Gasteiger partial charge in [-0.15, -0.1) is 0 Å². The van der Waals surface area contributed by atoms with Crippen LogP contribution in [0, 0.1) is 11.7 Å². The molecular formula is C14H14N2OS. The van der Waals surface area contributed by atoms with E-state index < -0.39 is 0 Å². The molecule has 0 aliphatic heterocycles. The van der Waals surface area contributed by atoms with E-state index in [0.29, 0.717) is 0 Å². The lowest BCUT2D eigenvalue weighted by Crippen LogP contribution is -2.00. The van der Waals surface area contributed by atoms with Crippen molar-refractivity contribution in [2.75, 3.05) is 0 Å². The Morgan fingerprint density at radius 1 is 1.28 bits per heavy atom. The summed E-state index contributed by atoms with van der Waals surface area (Å²) in [5, 5.41) is 0. The molecule has 1 N–H and O–H groups in total. The molecule has 0 aliphatic rings. The molecule has 0 unspecified atom stereocenters. The summed E-state index contributed by atoms with van der Waals surface area (Å²) in [7, 11) is 0. The lowest BCUT2D eigenvalue weighted by Gasteiger charge is -2.03. The monoisotopic (exact) mass is 258 g/mol. The van der Waals surface area contributed by atoms with Crippen molar-refractivity contribution < 1.29 is 4.42 Å². The Balaban J connectivity index is 1.99. The number of benzene rings is 1. The Morgan fingerprint density at radius 2 is 2.17 bits per heavy atom. The number of fused-ring (bicyclic) bond motifs is 1. The zero-order valence-electron chi connectivity index (χ0n) is 10.1. The second-order valence-corrected chi connectivity index (χ2v) is 4.77. The van der Waals surface area contributed by atoms with Gasteiger partial charge in [0.2, 0.25) is 0 Å². The molecule has 0 atom stereocenters. The van der Waals surface area contributed by atoms with Gasteiger partial charge in [-0.2, -0.15) is 0 Å². The van der Waals surface area contributed by atoms with Gasteiger partial charge in [0, 0.05) is 13.0 Å². The van der Waals surface area contributed by atoms with E-state index in [4.69, 9.17) is 16.6 Å². The number of imidazole rings is 1. The van der Waals surface area contributed by atoms with Crippen molar-refractivity contribution in [3.63, 3.8) is 0 Å². The van der Waals surface area contributed by atoms with E-state index in [-0.39, 0.29) is 0 Å². The number of hydrogen-bond acceptors (Lipinski definition) is 2. The van der Waals surface area contributed by atoms with E-state index in [1.54, 1.807) is 6.26 Å². The van der Waals surface area contributed by atoms with Crippen LogP contribution in [0.1, 0.15) is 11.3 Å². The molecule has 1 aromatic carbocycles. The predicted octanol–water partition coefficient (Wildman–Crippen LogP) is 3.84. The Bertz CT molecular complexity index is 722. The standard InChI is InChI=1S/C14H14N2OS/c1-10-4-2-6-12-13(10)15-14(18)16(12)8-7-11-5-3-9-17-11/h2-6,9H,7-8H2,1H3,(H,15,18). The summed E-state index contributed by atoms with van der Waals surface area (Å²) >= 11 is 5.38. The van der Waals surface area contributed by atoms with Crippen LogP contribution in [0.3, 0.4) is 0 Å². The number of hydrogen-bond donors (Lipinski definition) is 1. The third-order valence-corrected chi connectivity index (χ3v) is 3.50. The fourth-order valence-corrected chi connectivity index (χ4v) is 2.51. The van der Waals surface area contributed by atoms with Gasteiger partial charge in [0.25, 0.3) is 0 Å². The lowest BCUT2D eigenvalue weighted by atomic mass is 10.2. The minimum atomic E-state index is 0.769. The van der Waals surface area contributed by atoms with Crippen LogP contribution in [-0.4, -0.2) is 9.55 Å². The molecule has 3 nitrogen and oxygen atoms in total. The molecule has 3 aromatic rings. The molecule has 0 saturated heterocycles. The highest BCUT2D eigenvalue weighted by molar-refractivity contribution is 7.71. The van der Waals surface area contributed by atoms with E-state index in [1.807, 2.05) is 12.1 Å². The first-order valence-corrected chi connectivity index (χ1v) is 6.37. The maximum atomic E-state index is 5.38. The maximum Gasteiger partial charge on any atom is 0.178 e. The third-order valence-electron chi connectivity index (χ3n) is 3.18. The van der Waals surface area contributed by atoms with Crippen LogP contribution in [0.15, 0.2) is 41.0 Å². The number of rotatable bonds is 3. The summed E-state index contributed by atoms with van der Waals surface area (Å²) in [4.78, 5) is 3.27. The SMILES string of the molecule is Cc1cccc2c1[nH]c(=S)n2CCc1ccco1. The van der Waals surface area contributed by atoms with Gasteiger partial charge in [-0.3, -0.25) is 0 Å². The minimum Gasteiger partial charge on any atom is -0.469 e.